The van der Waals surface area contributed by atoms with Gasteiger partial charge in [0.05, 0.1) is 11.9 Å². The van der Waals surface area contributed by atoms with E-state index in [0.717, 1.165) is 17.8 Å². The number of pyridine rings is 1. The third-order valence-corrected chi connectivity index (χ3v) is 2.30. The molecule has 0 aromatic carbocycles. The summed E-state index contributed by atoms with van der Waals surface area (Å²) < 4.78 is 0. The van der Waals surface area contributed by atoms with Gasteiger partial charge in [-0.25, -0.2) is 0 Å². The summed E-state index contributed by atoms with van der Waals surface area (Å²) in [6.07, 6.45) is 2.22. The lowest BCUT2D eigenvalue weighted by atomic mass is 10.2. The van der Waals surface area contributed by atoms with Gasteiger partial charge in [-0.15, -0.1) is 0 Å². The lowest BCUT2D eigenvalue weighted by molar-refractivity contribution is 0.0983. The third-order valence-electron chi connectivity index (χ3n) is 2.30. The summed E-state index contributed by atoms with van der Waals surface area (Å²) in [4.78, 5) is 17.6. The minimum Gasteiger partial charge on any atom is -0.369 e. The van der Waals surface area contributed by atoms with Crippen LogP contribution in [0.5, 0.6) is 0 Å². The minimum atomic E-state index is 0.0779. The van der Waals surface area contributed by atoms with E-state index >= 15 is 0 Å². The zero-order valence-corrected chi connectivity index (χ0v) is 10.2. The Balaban J connectivity index is 2.78. The molecule has 0 aliphatic rings. The van der Waals surface area contributed by atoms with E-state index in [-0.39, 0.29) is 5.78 Å². The first-order valence-electron chi connectivity index (χ1n) is 5.39. The maximum absolute atomic E-state index is 11.4. The number of aromatic nitrogens is 1. The average Bonchev–Trinajstić information content (AvgIpc) is 2.27. The van der Waals surface area contributed by atoms with Crippen molar-refractivity contribution in [3.8, 4) is 0 Å². The molecule has 0 aliphatic carbocycles. The highest BCUT2D eigenvalue weighted by Gasteiger charge is 2.06. The molecular weight excluding hydrogens is 200 g/mol. The lowest BCUT2D eigenvalue weighted by Crippen LogP contribution is -2.19. The maximum Gasteiger partial charge on any atom is 0.180 e. The molecular formula is C13H18N2O. The van der Waals surface area contributed by atoms with Crippen LogP contribution in [0.4, 0.5) is 5.69 Å². The first kappa shape index (κ1) is 12.4. The summed E-state index contributed by atoms with van der Waals surface area (Å²) in [5.74, 6) is 0.0779. The van der Waals surface area contributed by atoms with Crippen molar-refractivity contribution in [2.75, 3.05) is 18.5 Å². The van der Waals surface area contributed by atoms with E-state index in [0.29, 0.717) is 12.1 Å². The van der Waals surface area contributed by atoms with Crippen molar-refractivity contribution >= 4 is 11.5 Å². The van der Waals surface area contributed by atoms with Crippen molar-refractivity contribution in [1.82, 2.24) is 4.98 Å². The highest BCUT2D eigenvalue weighted by atomic mass is 16.1. The molecule has 0 radical (unpaired) electrons. The van der Waals surface area contributed by atoms with Crippen LogP contribution in [0.2, 0.25) is 0 Å². The fourth-order valence-electron chi connectivity index (χ4n) is 1.45. The number of ketones is 1. The van der Waals surface area contributed by atoms with Gasteiger partial charge < -0.3 is 4.90 Å². The highest BCUT2D eigenvalue weighted by molar-refractivity contribution is 5.94. The second-order valence-corrected chi connectivity index (χ2v) is 3.99. The largest absolute Gasteiger partial charge is 0.369 e. The van der Waals surface area contributed by atoms with E-state index in [1.165, 1.54) is 0 Å². The van der Waals surface area contributed by atoms with Crippen LogP contribution in [-0.2, 0) is 0 Å². The number of hydrogen-bond acceptors (Lipinski definition) is 3. The van der Waals surface area contributed by atoms with Gasteiger partial charge in [0.1, 0.15) is 5.69 Å². The van der Waals surface area contributed by atoms with E-state index < -0.39 is 0 Å². The predicted molar refractivity (Wildman–Crippen MR) is 66.9 cm³/mol. The Kier molecular flexibility index (Phi) is 4.23. The molecule has 0 aliphatic heterocycles. The summed E-state index contributed by atoms with van der Waals surface area (Å²) >= 11 is 0. The second kappa shape index (κ2) is 5.45. The highest BCUT2D eigenvalue weighted by Crippen LogP contribution is 2.13. The summed E-state index contributed by atoms with van der Waals surface area (Å²) in [5.41, 5.74) is 2.63. The van der Waals surface area contributed by atoms with Crippen LogP contribution < -0.4 is 4.90 Å². The normalized spacial score (nSPS) is 9.94. The number of hydrogen-bond donors (Lipinski definition) is 0. The molecule has 0 spiro atoms. The van der Waals surface area contributed by atoms with Crippen LogP contribution in [0.25, 0.3) is 0 Å². The van der Waals surface area contributed by atoms with E-state index in [2.05, 4.69) is 16.5 Å². The quantitative estimate of drug-likeness (QED) is 0.562. The lowest BCUT2D eigenvalue weighted by Gasteiger charge is -2.18. The van der Waals surface area contributed by atoms with Gasteiger partial charge in [-0.1, -0.05) is 19.1 Å². The molecule has 0 saturated heterocycles. The van der Waals surface area contributed by atoms with Gasteiger partial charge in [0, 0.05) is 20.0 Å². The van der Waals surface area contributed by atoms with Gasteiger partial charge in [-0.2, -0.15) is 0 Å². The summed E-state index contributed by atoms with van der Waals surface area (Å²) in [6.45, 7) is 8.48. The van der Waals surface area contributed by atoms with E-state index in [1.807, 2.05) is 27.0 Å². The molecule has 3 nitrogen and oxygen atoms in total. The molecule has 0 bridgehead atoms. The first-order valence-corrected chi connectivity index (χ1v) is 5.39. The van der Waals surface area contributed by atoms with Gasteiger partial charge in [-0.3, -0.25) is 9.78 Å². The Hall–Kier alpha value is -1.64. The van der Waals surface area contributed by atoms with Crippen LogP contribution in [0.3, 0.4) is 0 Å². The smallest absolute Gasteiger partial charge is 0.180 e. The standard InChI is InChI=1S/C13H18N2O/c1-5-13(16)12-7-6-11(8-14-12)15(4)9-10(2)3/h6-8H,2,5,9H2,1,3-4H3. The molecule has 3 heteroatoms. The number of likely N-dealkylation sites (N-methyl/N-ethyl adjacent to an activating group) is 1. The van der Waals surface area contributed by atoms with Crippen molar-refractivity contribution in [1.29, 1.82) is 0 Å². The van der Waals surface area contributed by atoms with Gasteiger partial charge >= 0.3 is 0 Å². The number of rotatable bonds is 5. The SMILES string of the molecule is C=C(C)CN(C)c1ccc(C(=O)CC)nc1. The number of anilines is 1. The molecule has 0 saturated carbocycles. The molecule has 86 valence electrons. The van der Waals surface area contributed by atoms with Crippen LogP contribution in [0, 0.1) is 0 Å². The van der Waals surface area contributed by atoms with E-state index in [4.69, 9.17) is 0 Å². The molecule has 1 rings (SSSR count). The van der Waals surface area contributed by atoms with Gasteiger partial charge in [0.15, 0.2) is 5.78 Å². The molecule has 1 aromatic rings. The molecule has 1 heterocycles. The summed E-state index contributed by atoms with van der Waals surface area (Å²) in [6, 6.07) is 3.69. The van der Waals surface area contributed by atoms with Crippen molar-refractivity contribution in [3.63, 3.8) is 0 Å². The fourth-order valence-corrected chi connectivity index (χ4v) is 1.45. The Morgan fingerprint density at radius 2 is 2.19 bits per heavy atom. The van der Waals surface area contributed by atoms with Crippen LogP contribution in [0.15, 0.2) is 30.5 Å². The summed E-state index contributed by atoms with van der Waals surface area (Å²) in [5, 5.41) is 0. The average molecular weight is 218 g/mol. The van der Waals surface area contributed by atoms with Crippen LogP contribution >= 0.6 is 0 Å². The number of nitrogens with zero attached hydrogens (tertiary/aromatic N) is 2. The number of carbonyl (C=O) groups is 1. The third kappa shape index (κ3) is 3.19. The maximum atomic E-state index is 11.4. The molecule has 16 heavy (non-hydrogen) atoms. The molecule has 0 unspecified atom stereocenters. The molecule has 0 fully saturated rings. The zero-order chi connectivity index (χ0) is 12.1. The van der Waals surface area contributed by atoms with Crippen molar-refractivity contribution in [2.45, 2.75) is 20.3 Å². The Morgan fingerprint density at radius 1 is 1.50 bits per heavy atom. The number of carbonyl (C=O) groups excluding carboxylic acids is 1. The van der Waals surface area contributed by atoms with Gasteiger partial charge in [0.25, 0.3) is 0 Å². The van der Waals surface area contributed by atoms with E-state index in [1.54, 1.807) is 12.3 Å². The van der Waals surface area contributed by atoms with Crippen molar-refractivity contribution in [2.24, 2.45) is 0 Å². The van der Waals surface area contributed by atoms with E-state index in [9.17, 15) is 4.79 Å². The number of Topliss-reactive ketones (excluding diaryl/α,β-unsaturated/α-hetero) is 1. The van der Waals surface area contributed by atoms with Crippen molar-refractivity contribution in [3.05, 3.63) is 36.2 Å². The molecule has 0 atom stereocenters. The van der Waals surface area contributed by atoms with Gasteiger partial charge in [-0.05, 0) is 19.1 Å². The topological polar surface area (TPSA) is 33.2 Å². The van der Waals surface area contributed by atoms with Crippen molar-refractivity contribution < 1.29 is 4.79 Å². The first-order chi connectivity index (χ1) is 7.54. The molecule has 0 amide bonds. The minimum absolute atomic E-state index is 0.0779. The zero-order valence-electron chi connectivity index (χ0n) is 10.2. The molecule has 0 N–H and O–H groups in total. The predicted octanol–water partition coefficient (Wildman–Crippen LogP) is 2.69. The summed E-state index contributed by atoms with van der Waals surface area (Å²) in [7, 11) is 1.98. The molecule has 1 aromatic heterocycles. The monoisotopic (exact) mass is 218 g/mol. The Morgan fingerprint density at radius 3 is 2.62 bits per heavy atom. The fraction of sp³-hybridized carbons (Fsp3) is 0.385. The second-order valence-electron chi connectivity index (χ2n) is 3.99. The van der Waals surface area contributed by atoms with Crippen LogP contribution in [0.1, 0.15) is 30.8 Å². The van der Waals surface area contributed by atoms with Crippen LogP contribution in [-0.4, -0.2) is 24.4 Å². The van der Waals surface area contributed by atoms with Gasteiger partial charge in [0.2, 0.25) is 0 Å². The Labute approximate surface area is 96.8 Å². The Bertz CT molecular complexity index is 381.